The van der Waals surface area contributed by atoms with E-state index < -0.39 is 0 Å². The van der Waals surface area contributed by atoms with E-state index in [9.17, 15) is 0 Å². The van der Waals surface area contributed by atoms with Gasteiger partial charge in [-0.3, -0.25) is 4.57 Å². The average molecular weight is 673 g/mol. The van der Waals surface area contributed by atoms with Gasteiger partial charge in [0.1, 0.15) is 0 Å². The number of benzene rings is 9. The molecule has 11 aromatic rings. The third-order valence-corrected chi connectivity index (χ3v) is 11.1. The summed E-state index contributed by atoms with van der Waals surface area (Å²) < 4.78 is 2.28. The molecule has 0 bridgehead atoms. The maximum atomic E-state index is 5.42. The minimum Gasteiger partial charge on any atom is -0.278 e. The van der Waals surface area contributed by atoms with Crippen molar-refractivity contribution in [2.24, 2.45) is 0 Å². The Labute approximate surface area is 304 Å². The highest BCUT2D eigenvalue weighted by molar-refractivity contribution is 6.30. The summed E-state index contributed by atoms with van der Waals surface area (Å²) in [5.74, 6) is 1.88. The molecule has 0 fully saturated rings. The van der Waals surface area contributed by atoms with Crippen LogP contribution in [0.1, 0.15) is 0 Å². The summed E-state index contributed by atoms with van der Waals surface area (Å²) >= 11 is 0. The van der Waals surface area contributed by atoms with Crippen LogP contribution in [-0.4, -0.2) is 19.5 Å². The molecule has 0 spiro atoms. The van der Waals surface area contributed by atoms with Crippen molar-refractivity contribution in [2.75, 3.05) is 0 Å². The summed E-state index contributed by atoms with van der Waals surface area (Å²) in [5.41, 5.74) is 9.15. The van der Waals surface area contributed by atoms with E-state index in [1.165, 1.54) is 54.6 Å². The summed E-state index contributed by atoms with van der Waals surface area (Å²) in [6.45, 7) is 0. The number of hydrogen-bond donors (Lipinski definition) is 0. The lowest BCUT2D eigenvalue weighted by atomic mass is 9.97. The van der Waals surface area contributed by atoms with Gasteiger partial charge in [0.2, 0.25) is 5.95 Å². The first-order valence-electron chi connectivity index (χ1n) is 18.0. The molecule has 0 aliphatic heterocycles. The zero-order valence-corrected chi connectivity index (χ0v) is 28.5. The first-order chi connectivity index (χ1) is 26.3. The van der Waals surface area contributed by atoms with Gasteiger partial charge in [0.05, 0.1) is 11.0 Å². The lowest BCUT2D eigenvalue weighted by Crippen LogP contribution is -2.07. The van der Waals surface area contributed by atoms with Gasteiger partial charge in [-0.2, -0.15) is 9.97 Å². The zero-order chi connectivity index (χ0) is 34.6. The van der Waals surface area contributed by atoms with Gasteiger partial charge >= 0.3 is 0 Å². The van der Waals surface area contributed by atoms with Gasteiger partial charge in [0.25, 0.3) is 0 Å². The van der Waals surface area contributed by atoms with Gasteiger partial charge in [0, 0.05) is 21.9 Å². The number of fused-ring (bicyclic) bond motifs is 10. The predicted octanol–water partition coefficient (Wildman–Crippen LogP) is 12.6. The van der Waals surface area contributed by atoms with Gasteiger partial charge in [-0.15, -0.1) is 0 Å². The summed E-state index contributed by atoms with van der Waals surface area (Å²) in [4.78, 5) is 16.1. The summed E-state index contributed by atoms with van der Waals surface area (Å²) in [5, 5.41) is 11.8. The normalized spacial score (nSPS) is 12.2. The molecule has 4 heteroatoms. The fraction of sp³-hybridized carbons (Fsp3) is 0. The molecule has 12 rings (SSSR count). The molecule has 1 aliphatic carbocycles. The van der Waals surface area contributed by atoms with Crippen LogP contribution in [0, 0.1) is 0 Å². The van der Waals surface area contributed by atoms with Crippen molar-refractivity contribution in [1.82, 2.24) is 19.5 Å². The second-order valence-electron chi connectivity index (χ2n) is 14.0. The Morgan fingerprint density at radius 2 is 0.792 bits per heavy atom. The Morgan fingerprint density at radius 1 is 0.302 bits per heavy atom. The Balaban J connectivity index is 1.26. The minimum absolute atomic E-state index is 0.593. The van der Waals surface area contributed by atoms with Crippen molar-refractivity contribution in [3.05, 3.63) is 170 Å². The topological polar surface area (TPSA) is 43.6 Å². The quantitative estimate of drug-likeness (QED) is 0.188. The molecule has 0 saturated heterocycles. The van der Waals surface area contributed by atoms with Gasteiger partial charge in [0.15, 0.2) is 11.6 Å². The van der Waals surface area contributed by atoms with Crippen molar-refractivity contribution >= 4 is 64.9 Å². The smallest absolute Gasteiger partial charge is 0.238 e. The molecule has 244 valence electrons. The molecule has 0 N–H and O–H groups in total. The SMILES string of the molecule is c1ccc2c(c1)-c1cccc3c1c-2cc1c3c2cc3ccccc3cc2n1-c1nc(-c2cccc3ccccc23)nc(-c2cccc3ccccc23)n1. The fourth-order valence-electron chi connectivity index (χ4n) is 8.82. The van der Waals surface area contributed by atoms with Crippen LogP contribution < -0.4 is 0 Å². The van der Waals surface area contributed by atoms with Crippen LogP contribution in [0.4, 0.5) is 0 Å². The van der Waals surface area contributed by atoms with Crippen molar-refractivity contribution in [1.29, 1.82) is 0 Å². The maximum absolute atomic E-state index is 5.42. The molecule has 1 aliphatic rings. The molecular weight excluding hydrogens is 645 g/mol. The minimum atomic E-state index is 0.593. The van der Waals surface area contributed by atoms with E-state index in [0.29, 0.717) is 17.6 Å². The van der Waals surface area contributed by atoms with Crippen LogP contribution in [0.15, 0.2) is 170 Å². The molecular formula is C49H28N4. The molecule has 0 unspecified atom stereocenters. The van der Waals surface area contributed by atoms with Crippen molar-refractivity contribution < 1.29 is 0 Å². The highest BCUT2D eigenvalue weighted by Gasteiger charge is 2.27. The largest absolute Gasteiger partial charge is 0.278 e. The van der Waals surface area contributed by atoms with E-state index in [0.717, 1.165) is 43.7 Å². The fourth-order valence-corrected chi connectivity index (χ4v) is 8.82. The molecule has 0 radical (unpaired) electrons. The van der Waals surface area contributed by atoms with E-state index in [4.69, 9.17) is 15.0 Å². The molecule has 9 aromatic carbocycles. The Bertz CT molecular complexity index is 3250. The van der Waals surface area contributed by atoms with E-state index in [1.807, 2.05) is 0 Å². The molecule has 2 heterocycles. The summed E-state index contributed by atoms with van der Waals surface area (Å²) in [7, 11) is 0. The average Bonchev–Trinajstić information content (AvgIpc) is 3.72. The maximum Gasteiger partial charge on any atom is 0.238 e. The molecule has 2 aromatic heterocycles. The van der Waals surface area contributed by atoms with E-state index in [-0.39, 0.29) is 0 Å². The van der Waals surface area contributed by atoms with Gasteiger partial charge in [-0.25, -0.2) is 4.98 Å². The van der Waals surface area contributed by atoms with Crippen molar-refractivity contribution in [3.63, 3.8) is 0 Å². The monoisotopic (exact) mass is 672 g/mol. The highest BCUT2D eigenvalue weighted by atomic mass is 15.2. The van der Waals surface area contributed by atoms with E-state index in [1.54, 1.807) is 0 Å². The number of rotatable bonds is 3. The third-order valence-electron chi connectivity index (χ3n) is 11.1. The molecule has 0 atom stereocenters. The summed E-state index contributed by atoms with van der Waals surface area (Å²) in [6.07, 6.45) is 0. The van der Waals surface area contributed by atoms with Crippen LogP contribution >= 0.6 is 0 Å². The molecule has 0 amide bonds. The second kappa shape index (κ2) is 10.7. The standard InChI is InChI=1S/C49H28N4/c1-2-15-32-27-43-42(26-31(32)14-1)46-40-25-11-22-37-35-20-7-8-21-36(35)41(45(37)40)28-44(46)53(43)49-51-47(38-23-9-16-29-12-3-5-18-33(29)38)50-48(52-49)39-24-10-17-30-13-4-6-19-34(30)39/h1-28H. The van der Waals surface area contributed by atoms with E-state index >= 15 is 0 Å². The third kappa shape index (κ3) is 4.03. The van der Waals surface area contributed by atoms with Crippen LogP contribution in [0.3, 0.4) is 0 Å². The first kappa shape index (κ1) is 28.5. The summed E-state index contributed by atoms with van der Waals surface area (Å²) in [6, 6.07) is 60.8. The molecule has 53 heavy (non-hydrogen) atoms. The van der Waals surface area contributed by atoms with Gasteiger partial charge < -0.3 is 0 Å². The van der Waals surface area contributed by atoms with Crippen LogP contribution in [0.2, 0.25) is 0 Å². The van der Waals surface area contributed by atoms with Gasteiger partial charge in [-0.1, -0.05) is 152 Å². The predicted molar refractivity (Wildman–Crippen MR) is 219 cm³/mol. The van der Waals surface area contributed by atoms with Crippen LogP contribution in [-0.2, 0) is 0 Å². The van der Waals surface area contributed by atoms with Crippen molar-refractivity contribution in [3.8, 4) is 51.0 Å². The van der Waals surface area contributed by atoms with Gasteiger partial charge in [-0.05, 0) is 83.5 Å². The first-order valence-corrected chi connectivity index (χ1v) is 18.0. The second-order valence-corrected chi connectivity index (χ2v) is 14.0. The number of nitrogens with zero attached hydrogens (tertiary/aromatic N) is 4. The Kier molecular flexibility index (Phi) is 5.74. The van der Waals surface area contributed by atoms with Crippen LogP contribution in [0.5, 0.6) is 0 Å². The Hall–Kier alpha value is -7.17. The Morgan fingerprint density at radius 3 is 1.47 bits per heavy atom. The highest BCUT2D eigenvalue weighted by Crippen LogP contribution is 2.51. The lowest BCUT2D eigenvalue weighted by molar-refractivity contribution is 0.956. The van der Waals surface area contributed by atoms with Crippen LogP contribution in [0.25, 0.3) is 116 Å². The van der Waals surface area contributed by atoms with Crippen molar-refractivity contribution in [2.45, 2.75) is 0 Å². The van der Waals surface area contributed by atoms with E-state index in [2.05, 4.69) is 174 Å². The lowest BCUT2D eigenvalue weighted by Gasteiger charge is -2.13. The number of hydrogen-bond acceptors (Lipinski definition) is 3. The zero-order valence-electron chi connectivity index (χ0n) is 28.5. The molecule has 4 nitrogen and oxygen atoms in total. The number of aromatic nitrogens is 4. The molecule has 0 saturated carbocycles.